The van der Waals surface area contributed by atoms with Crippen LogP contribution in [-0.4, -0.2) is 29.5 Å². The minimum absolute atomic E-state index is 0.219. The van der Waals surface area contributed by atoms with Gasteiger partial charge in [-0.1, -0.05) is 6.92 Å². The van der Waals surface area contributed by atoms with Crippen molar-refractivity contribution in [1.82, 2.24) is 29.5 Å². The highest BCUT2D eigenvalue weighted by atomic mass is 16.1. The molecule has 0 aliphatic carbocycles. The first-order chi connectivity index (χ1) is 8.19. The van der Waals surface area contributed by atoms with Crippen LogP contribution in [-0.2, 0) is 6.42 Å². The molecule has 7 nitrogen and oxygen atoms in total. The molecule has 3 heterocycles. The lowest BCUT2D eigenvalue weighted by Crippen LogP contribution is -2.10. The molecule has 88 valence electrons. The first-order valence-corrected chi connectivity index (χ1v) is 5.53. The topological polar surface area (TPSA) is 91.7 Å². The average Bonchev–Trinajstić information content (AvgIpc) is 2.82. The summed E-state index contributed by atoms with van der Waals surface area (Å²) in [7, 11) is 0. The van der Waals surface area contributed by atoms with Crippen LogP contribution in [0.5, 0.6) is 0 Å². The zero-order valence-corrected chi connectivity index (χ0v) is 9.61. The molecule has 3 rings (SSSR count). The van der Waals surface area contributed by atoms with E-state index in [0.29, 0.717) is 22.8 Å². The summed E-state index contributed by atoms with van der Waals surface area (Å²) in [4.78, 5) is 25.9. The molecule has 0 spiro atoms. The van der Waals surface area contributed by atoms with E-state index in [4.69, 9.17) is 0 Å². The molecular weight excluding hydrogens is 220 g/mol. The minimum atomic E-state index is -0.219. The Kier molecular flexibility index (Phi) is 2.01. The fourth-order valence-electron chi connectivity index (χ4n) is 1.87. The molecule has 0 unspecified atom stereocenters. The third kappa shape index (κ3) is 1.42. The van der Waals surface area contributed by atoms with Gasteiger partial charge in [0.05, 0.1) is 0 Å². The molecule has 0 atom stereocenters. The number of nitrogens with one attached hydrogen (secondary N) is 2. The van der Waals surface area contributed by atoms with E-state index in [-0.39, 0.29) is 5.56 Å². The van der Waals surface area contributed by atoms with E-state index in [1.807, 2.05) is 0 Å². The Morgan fingerprint density at radius 2 is 2.12 bits per heavy atom. The summed E-state index contributed by atoms with van der Waals surface area (Å²) in [5.74, 6) is 1.85. The van der Waals surface area contributed by atoms with Gasteiger partial charge in [-0.05, 0) is 13.3 Å². The number of H-pyrrole nitrogens is 2. The first-order valence-electron chi connectivity index (χ1n) is 5.53. The number of aromatic nitrogens is 6. The van der Waals surface area contributed by atoms with Gasteiger partial charge in [-0.3, -0.25) is 9.78 Å². The van der Waals surface area contributed by atoms with Crippen LogP contribution in [0.3, 0.4) is 0 Å². The molecule has 0 aliphatic rings. The molecule has 3 aromatic rings. The maximum Gasteiger partial charge on any atom is 0.278 e. The molecule has 0 radical (unpaired) electrons. The number of hydrogen-bond donors (Lipinski definition) is 2. The number of fused-ring (bicyclic) bond motifs is 3. The Hall–Kier alpha value is -2.18. The summed E-state index contributed by atoms with van der Waals surface area (Å²) >= 11 is 0. The van der Waals surface area contributed by atoms with Crippen LogP contribution in [0.1, 0.15) is 25.0 Å². The van der Waals surface area contributed by atoms with E-state index >= 15 is 0 Å². The van der Waals surface area contributed by atoms with Crippen LogP contribution in [0.4, 0.5) is 0 Å². The SMILES string of the molecule is CCCc1nc2[nH]c(=O)c3[nH]c(C)nc3n2n1. The highest BCUT2D eigenvalue weighted by Gasteiger charge is 2.12. The van der Waals surface area contributed by atoms with Gasteiger partial charge < -0.3 is 4.98 Å². The fourth-order valence-corrected chi connectivity index (χ4v) is 1.87. The summed E-state index contributed by atoms with van der Waals surface area (Å²) < 4.78 is 1.57. The maximum atomic E-state index is 11.8. The third-order valence-corrected chi connectivity index (χ3v) is 2.58. The van der Waals surface area contributed by atoms with Crippen LogP contribution in [0.2, 0.25) is 0 Å². The normalized spacial score (nSPS) is 11.6. The Morgan fingerprint density at radius 3 is 2.88 bits per heavy atom. The van der Waals surface area contributed by atoms with Gasteiger partial charge in [0.2, 0.25) is 5.78 Å². The number of imidazole rings is 1. The highest BCUT2D eigenvalue weighted by Crippen LogP contribution is 2.08. The number of hydrogen-bond acceptors (Lipinski definition) is 4. The molecule has 7 heteroatoms. The second-order valence-corrected chi connectivity index (χ2v) is 3.99. The molecule has 0 saturated heterocycles. The summed E-state index contributed by atoms with van der Waals surface area (Å²) in [5, 5.41) is 4.34. The molecule has 3 aromatic heterocycles. The lowest BCUT2D eigenvalue weighted by atomic mass is 10.3. The van der Waals surface area contributed by atoms with E-state index in [2.05, 4.69) is 32.0 Å². The lowest BCUT2D eigenvalue weighted by molar-refractivity contribution is 0.824. The summed E-state index contributed by atoms with van der Waals surface area (Å²) in [6, 6.07) is 0. The van der Waals surface area contributed by atoms with Crippen molar-refractivity contribution in [3.8, 4) is 0 Å². The largest absolute Gasteiger partial charge is 0.336 e. The second kappa shape index (κ2) is 3.41. The fraction of sp³-hybridized carbons (Fsp3) is 0.400. The summed E-state index contributed by atoms with van der Waals surface area (Å²) in [6.45, 7) is 3.86. The Bertz CT molecular complexity index is 749. The van der Waals surface area contributed by atoms with Crippen LogP contribution in [0.15, 0.2) is 4.79 Å². The van der Waals surface area contributed by atoms with Crippen molar-refractivity contribution in [2.45, 2.75) is 26.7 Å². The molecule has 0 saturated carbocycles. The van der Waals surface area contributed by atoms with Crippen LogP contribution in [0.25, 0.3) is 16.9 Å². The molecular formula is C10H12N6O. The van der Waals surface area contributed by atoms with Gasteiger partial charge in [0, 0.05) is 6.42 Å². The minimum Gasteiger partial charge on any atom is -0.336 e. The summed E-state index contributed by atoms with van der Waals surface area (Å²) in [6.07, 6.45) is 1.75. The molecule has 0 aliphatic heterocycles. The number of aryl methyl sites for hydroxylation is 2. The number of aromatic amines is 2. The zero-order chi connectivity index (χ0) is 12.0. The van der Waals surface area contributed by atoms with Gasteiger partial charge in [-0.2, -0.15) is 9.50 Å². The predicted octanol–water partition coefficient (Wildman–Crippen LogP) is 0.555. The van der Waals surface area contributed by atoms with E-state index < -0.39 is 0 Å². The van der Waals surface area contributed by atoms with Gasteiger partial charge >= 0.3 is 0 Å². The van der Waals surface area contributed by atoms with Crippen molar-refractivity contribution in [3.63, 3.8) is 0 Å². The van der Waals surface area contributed by atoms with E-state index in [1.54, 1.807) is 11.4 Å². The Balaban J connectivity index is 2.41. The van der Waals surface area contributed by atoms with Gasteiger partial charge in [0.25, 0.3) is 5.56 Å². The Labute approximate surface area is 95.9 Å². The molecule has 2 N–H and O–H groups in total. The molecule has 0 amide bonds. The third-order valence-electron chi connectivity index (χ3n) is 2.58. The van der Waals surface area contributed by atoms with Crippen LogP contribution >= 0.6 is 0 Å². The molecule has 0 aromatic carbocycles. The van der Waals surface area contributed by atoms with Crippen molar-refractivity contribution < 1.29 is 0 Å². The van der Waals surface area contributed by atoms with E-state index in [1.165, 1.54) is 0 Å². The van der Waals surface area contributed by atoms with Crippen molar-refractivity contribution in [2.75, 3.05) is 0 Å². The highest BCUT2D eigenvalue weighted by molar-refractivity contribution is 5.71. The van der Waals surface area contributed by atoms with E-state index in [9.17, 15) is 4.79 Å². The van der Waals surface area contributed by atoms with Crippen molar-refractivity contribution in [3.05, 3.63) is 22.0 Å². The molecule has 17 heavy (non-hydrogen) atoms. The van der Waals surface area contributed by atoms with Crippen LogP contribution in [0, 0.1) is 6.92 Å². The van der Waals surface area contributed by atoms with Gasteiger partial charge in [0.15, 0.2) is 17.0 Å². The lowest BCUT2D eigenvalue weighted by Gasteiger charge is -1.91. The zero-order valence-electron chi connectivity index (χ0n) is 9.61. The second-order valence-electron chi connectivity index (χ2n) is 3.99. The standard InChI is InChI=1S/C10H12N6O/c1-3-4-6-13-10-14-9(17)7-8(16(10)15-6)12-5(2)11-7/h3-4H2,1-2H3,(H,11,12)(H,13,14,15,17). The van der Waals surface area contributed by atoms with E-state index in [0.717, 1.165) is 18.7 Å². The van der Waals surface area contributed by atoms with Gasteiger partial charge in [-0.25, -0.2) is 4.98 Å². The smallest absolute Gasteiger partial charge is 0.278 e. The Morgan fingerprint density at radius 1 is 1.29 bits per heavy atom. The first kappa shape index (κ1) is 10.0. The molecule has 0 fully saturated rings. The summed E-state index contributed by atoms with van der Waals surface area (Å²) in [5.41, 5.74) is 0.739. The van der Waals surface area contributed by atoms with Crippen molar-refractivity contribution in [2.24, 2.45) is 0 Å². The number of rotatable bonds is 2. The maximum absolute atomic E-state index is 11.8. The van der Waals surface area contributed by atoms with Crippen molar-refractivity contribution in [1.29, 1.82) is 0 Å². The van der Waals surface area contributed by atoms with Gasteiger partial charge in [0.1, 0.15) is 5.82 Å². The number of nitrogens with zero attached hydrogens (tertiary/aromatic N) is 4. The van der Waals surface area contributed by atoms with Crippen LogP contribution < -0.4 is 5.56 Å². The monoisotopic (exact) mass is 232 g/mol. The van der Waals surface area contributed by atoms with Gasteiger partial charge in [-0.15, -0.1) is 5.10 Å². The van der Waals surface area contributed by atoms with Crippen molar-refractivity contribution >= 4 is 16.9 Å². The molecule has 0 bridgehead atoms. The quantitative estimate of drug-likeness (QED) is 0.675. The predicted molar refractivity (Wildman–Crippen MR) is 62.0 cm³/mol. The average molecular weight is 232 g/mol.